The maximum atomic E-state index is 16.1. The molecule has 2 N–H and O–H groups in total. The van der Waals surface area contributed by atoms with Gasteiger partial charge < -0.3 is 20.0 Å². The molecule has 9 nitrogen and oxygen atoms in total. The van der Waals surface area contributed by atoms with E-state index in [1.165, 1.54) is 29.1 Å². The van der Waals surface area contributed by atoms with Gasteiger partial charge in [-0.3, -0.25) is 9.48 Å². The van der Waals surface area contributed by atoms with E-state index in [9.17, 15) is 31.5 Å². The lowest BCUT2D eigenvalue weighted by Gasteiger charge is -2.32. The second kappa shape index (κ2) is 10.7. The number of amides is 3. The summed E-state index contributed by atoms with van der Waals surface area (Å²) in [6, 6.07) is -0.588. The molecule has 2 aliphatic carbocycles. The fourth-order valence-corrected chi connectivity index (χ4v) is 6.20. The topological polar surface area (TPSA) is 105 Å². The van der Waals surface area contributed by atoms with Crippen LogP contribution < -0.4 is 10.6 Å². The van der Waals surface area contributed by atoms with Crippen molar-refractivity contribution in [2.75, 3.05) is 6.54 Å². The summed E-state index contributed by atoms with van der Waals surface area (Å²) in [5, 5.41) is 8.86. The van der Waals surface area contributed by atoms with Crippen molar-refractivity contribution in [3.63, 3.8) is 0 Å². The van der Waals surface area contributed by atoms with Crippen molar-refractivity contribution < 1.29 is 40.3 Å². The molecule has 2 aromatic heterocycles. The first kappa shape index (κ1) is 29.3. The molecule has 1 aromatic carbocycles. The van der Waals surface area contributed by atoms with Gasteiger partial charge in [-0.25, -0.2) is 22.9 Å². The van der Waals surface area contributed by atoms with Gasteiger partial charge in [0.1, 0.15) is 23.3 Å². The maximum Gasteiger partial charge on any atom is 0.410 e. The first-order valence-electron chi connectivity index (χ1n) is 14.3. The lowest BCUT2D eigenvalue weighted by molar-refractivity contribution is -0.150. The normalized spacial score (nSPS) is 22.5. The molecule has 0 unspecified atom stereocenters. The number of halogens is 6. The van der Waals surface area contributed by atoms with Crippen molar-refractivity contribution in [1.29, 1.82) is 0 Å². The number of carbonyl (C=O) groups excluding carboxylic acids is 2. The van der Waals surface area contributed by atoms with E-state index in [1.807, 2.05) is 5.32 Å². The van der Waals surface area contributed by atoms with Crippen LogP contribution in [0.1, 0.15) is 79.5 Å². The molecule has 3 atom stereocenters. The molecule has 1 aliphatic heterocycles. The number of benzene rings is 1. The number of carbonyl (C=O) groups is 2. The van der Waals surface area contributed by atoms with E-state index in [4.69, 9.17) is 4.42 Å². The van der Waals surface area contributed by atoms with Gasteiger partial charge in [-0.15, -0.1) is 0 Å². The molecule has 6 rings (SSSR count). The highest BCUT2D eigenvalue weighted by atomic mass is 19.4. The largest absolute Gasteiger partial charge is 0.438 e. The third-order valence-electron chi connectivity index (χ3n) is 8.64. The lowest BCUT2D eigenvalue weighted by Crippen LogP contribution is -2.40. The first-order chi connectivity index (χ1) is 20.4. The lowest BCUT2D eigenvalue weighted by atomic mass is 9.82. The Labute approximate surface area is 242 Å². The molecule has 3 fully saturated rings. The SMILES string of the molecule is CCn1nccc1C(=O)N[C@H](c1nc2c(F)c([C@H](C3CC3)N3C[C@@H](C(F)(F)F)NC3=O)ccc2o1)C1CCC(F)(F)CC1. The Morgan fingerprint density at radius 1 is 1.16 bits per heavy atom. The van der Waals surface area contributed by atoms with Gasteiger partial charge in [0.25, 0.3) is 5.91 Å². The van der Waals surface area contributed by atoms with Crippen LogP contribution in [0.25, 0.3) is 11.1 Å². The third-order valence-corrected chi connectivity index (χ3v) is 8.64. The molecule has 3 aromatic rings. The van der Waals surface area contributed by atoms with E-state index in [1.54, 1.807) is 6.92 Å². The molecule has 3 heterocycles. The summed E-state index contributed by atoms with van der Waals surface area (Å²) in [5.41, 5.74) is 0.0528. The molecule has 0 bridgehead atoms. The van der Waals surface area contributed by atoms with Crippen LogP contribution in [0.15, 0.2) is 28.8 Å². The molecule has 232 valence electrons. The molecule has 0 spiro atoms. The number of urea groups is 1. The second-order valence-corrected chi connectivity index (χ2v) is 11.5. The number of hydrogen-bond acceptors (Lipinski definition) is 5. The summed E-state index contributed by atoms with van der Waals surface area (Å²) in [6.45, 7) is 1.56. The number of aromatic nitrogens is 3. The van der Waals surface area contributed by atoms with Crippen LogP contribution in [0.5, 0.6) is 0 Å². The predicted octanol–water partition coefficient (Wildman–Crippen LogP) is 5.89. The Morgan fingerprint density at radius 3 is 2.51 bits per heavy atom. The molecule has 0 radical (unpaired) electrons. The van der Waals surface area contributed by atoms with Crippen LogP contribution in [0.4, 0.5) is 31.1 Å². The third kappa shape index (κ3) is 5.65. The molecular formula is C28H30F6N6O3. The standard InChI is InChI=1S/C28H30F6N6O3/c1-2-40-17(9-12-35-40)24(41)37-21(14-7-10-27(30,31)11-8-14)25-38-22-18(43-25)6-5-16(20(22)29)23(15-3-4-15)39-13-19(28(32,33)34)36-26(39)42/h5-6,9,12,14-15,19,21,23H,2-4,7-8,10-11,13H2,1H3,(H,36,42)(H,37,41)/t19-,21-,23-/m0/s1. The smallest absolute Gasteiger partial charge is 0.410 e. The number of alkyl halides is 5. The zero-order valence-corrected chi connectivity index (χ0v) is 23.1. The Bertz CT molecular complexity index is 1520. The van der Waals surface area contributed by atoms with Crippen LogP contribution in [0.2, 0.25) is 0 Å². The molecule has 1 saturated heterocycles. The molecule has 43 heavy (non-hydrogen) atoms. The summed E-state index contributed by atoms with van der Waals surface area (Å²) >= 11 is 0. The maximum absolute atomic E-state index is 16.1. The summed E-state index contributed by atoms with van der Waals surface area (Å²) in [4.78, 5) is 31.2. The highest BCUT2D eigenvalue weighted by Gasteiger charge is 2.51. The van der Waals surface area contributed by atoms with Crippen molar-refractivity contribution in [2.45, 2.75) is 82.2 Å². The van der Waals surface area contributed by atoms with Crippen molar-refractivity contribution in [1.82, 2.24) is 30.3 Å². The Balaban J connectivity index is 1.34. The fourth-order valence-electron chi connectivity index (χ4n) is 6.20. The van der Waals surface area contributed by atoms with Gasteiger partial charge in [0.2, 0.25) is 11.8 Å². The highest BCUT2D eigenvalue weighted by Crippen LogP contribution is 2.48. The Morgan fingerprint density at radius 2 is 1.88 bits per heavy atom. The van der Waals surface area contributed by atoms with Gasteiger partial charge in [-0.2, -0.15) is 18.3 Å². The number of hydrogen-bond donors (Lipinski definition) is 2. The minimum Gasteiger partial charge on any atom is -0.438 e. The van der Waals surface area contributed by atoms with Crippen LogP contribution in [0, 0.1) is 17.7 Å². The highest BCUT2D eigenvalue weighted by molar-refractivity contribution is 5.92. The average Bonchev–Trinajstić information content (AvgIpc) is 3.31. The minimum absolute atomic E-state index is 0.0116. The van der Waals surface area contributed by atoms with Crippen molar-refractivity contribution in [2.24, 2.45) is 11.8 Å². The first-order valence-corrected chi connectivity index (χ1v) is 14.3. The van der Waals surface area contributed by atoms with E-state index in [2.05, 4.69) is 15.4 Å². The predicted molar refractivity (Wildman–Crippen MR) is 140 cm³/mol. The number of aryl methyl sites for hydroxylation is 1. The van der Waals surface area contributed by atoms with Crippen LogP contribution in [-0.4, -0.2) is 56.3 Å². The second-order valence-electron chi connectivity index (χ2n) is 11.5. The Hall–Kier alpha value is -3.78. The fraction of sp³-hybridized carbons (Fsp3) is 0.571. The quantitative estimate of drug-likeness (QED) is 0.309. The van der Waals surface area contributed by atoms with Gasteiger partial charge in [0.15, 0.2) is 11.4 Å². The van der Waals surface area contributed by atoms with Crippen molar-refractivity contribution >= 4 is 23.0 Å². The van der Waals surface area contributed by atoms with E-state index in [0.29, 0.717) is 19.4 Å². The zero-order chi connectivity index (χ0) is 30.7. The average molecular weight is 613 g/mol. The summed E-state index contributed by atoms with van der Waals surface area (Å²) in [7, 11) is 0. The van der Waals surface area contributed by atoms with Gasteiger partial charge in [-0.1, -0.05) is 6.07 Å². The summed E-state index contributed by atoms with van der Waals surface area (Å²) < 4.78 is 91.6. The number of fused-ring (bicyclic) bond motifs is 1. The van der Waals surface area contributed by atoms with Crippen LogP contribution >= 0.6 is 0 Å². The number of nitrogens with zero attached hydrogens (tertiary/aromatic N) is 4. The van der Waals surface area contributed by atoms with Crippen LogP contribution in [-0.2, 0) is 6.54 Å². The summed E-state index contributed by atoms with van der Waals surface area (Å²) in [5.74, 6) is -5.00. The van der Waals surface area contributed by atoms with Crippen molar-refractivity contribution in [3.8, 4) is 0 Å². The number of oxazole rings is 1. The van der Waals surface area contributed by atoms with Crippen molar-refractivity contribution in [3.05, 3.63) is 47.4 Å². The van der Waals surface area contributed by atoms with Gasteiger partial charge in [-0.05, 0) is 56.6 Å². The van der Waals surface area contributed by atoms with E-state index in [-0.39, 0.29) is 47.0 Å². The molecule has 3 aliphatic rings. The monoisotopic (exact) mass is 612 g/mol. The van der Waals surface area contributed by atoms with Crippen LogP contribution in [0.3, 0.4) is 0 Å². The zero-order valence-electron chi connectivity index (χ0n) is 23.1. The van der Waals surface area contributed by atoms with Gasteiger partial charge in [0, 0.05) is 31.1 Å². The summed E-state index contributed by atoms with van der Waals surface area (Å²) in [6.07, 6.45) is -2.64. The molecule has 3 amide bonds. The van der Waals surface area contributed by atoms with Gasteiger partial charge in [0.05, 0.1) is 12.6 Å². The van der Waals surface area contributed by atoms with Gasteiger partial charge >= 0.3 is 12.2 Å². The molecule has 2 saturated carbocycles. The molecule has 15 heteroatoms. The van der Waals surface area contributed by atoms with E-state index in [0.717, 1.165) is 4.90 Å². The van der Waals surface area contributed by atoms with E-state index < -0.39 is 73.3 Å². The number of nitrogens with one attached hydrogen (secondary N) is 2. The Kier molecular flexibility index (Phi) is 7.32. The number of rotatable bonds is 8. The van der Waals surface area contributed by atoms with E-state index >= 15 is 4.39 Å². The molecular weight excluding hydrogens is 582 g/mol. The minimum atomic E-state index is -4.65.